The van der Waals surface area contributed by atoms with E-state index in [1.54, 1.807) is 0 Å². The molecule has 0 aliphatic carbocycles. The monoisotopic (exact) mass is 308 g/mol. The topological polar surface area (TPSA) is 41.0 Å². The average molecular weight is 308 g/mol. The fraction of sp³-hybridized carbons (Fsp3) is 0.750. The summed E-state index contributed by atoms with van der Waals surface area (Å²) in [6.07, 6.45) is 3.14. The molecule has 1 aromatic rings. The van der Waals surface area contributed by atoms with Crippen molar-refractivity contribution in [3.8, 4) is 0 Å². The Bertz CT molecular complexity index is 442. The SMILES string of the molecule is CCCNc1cc(N2CC(C)SC(C)C2)nc(CCC)n1. The summed E-state index contributed by atoms with van der Waals surface area (Å²) in [5, 5.41) is 4.73. The molecule has 21 heavy (non-hydrogen) atoms. The third-order valence-electron chi connectivity index (χ3n) is 3.53. The van der Waals surface area contributed by atoms with Crippen LogP contribution in [0.25, 0.3) is 0 Å². The maximum atomic E-state index is 4.79. The minimum atomic E-state index is 0.658. The molecule has 1 aromatic heterocycles. The molecule has 118 valence electrons. The zero-order chi connectivity index (χ0) is 15.2. The van der Waals surface area contributed by atoms with Gasteiger partial charge >= 0.3 is 0 Å². The van der Waals surface area contributed by atoms with Gasteiger partial charge in [-0.2, -0.15) is 11.8 Å². The van der Waals surface area contributed by atoms with E-state index in [1.165, 1.54) is 0 Å². The molecular formula is C16H28N4S. The maximum Gasteiger partial charge on any atom is 0.134 e. The molecule has 0 saturated carbocycles. The summed E-state index contributed by atoms with van der Waals surface area (Å²) in [7, 11) is 0. The lowest BCUT2D eigenvalue weighted by molar-refractivity contribution is 0.710. The number of nitrogens with one attached hydrogen (secondary N) is 1. The Labute approximate surface area is 133 Å². The number of nitrogens with zero attached hydrogens (tertiary/aromatic N) is 3. The largest absolute Gasteiger partial charge is 0.370 e. The van der Waals surface area contributed by atoms with Gasteiger partial charge in [-0.1, -0.05) is 27.7 Å². The normalized spacial score (nSPS) is 22.4. The highest BCUT2D eigenvalue weighted by molar-refractivity contribution is 8.00. The second-order valence-electron chi connectivity index (χ2n) is 5.87. The molecule has 1 fully saturated rings. The van der Waals surface area contributed by atoms with E-state index in [1.807, 2.05) is 0 Å². The van der Waals surface area contributed by atoms with Crippen molar-refractivity contribution < 1.29 is 0 Å². The molecule has 1 aliphatic rings. The Morgan fingerprint density at radius 3 is 2.52 bits per heavy atom. The number of aryl methyl sites for hydroxylation is 1. The Morgan fingerprint density at radius 2 is 1.90 bits per heavy atom. The van der Waals surface area contributed by atoms with E-state index in [-0.39, 0.29) is 0 Å². The van der Waals surface area contributed by atoms with Crippen LogP contribution < -0.4 is 10.2 Å². The van der Waals surface area contributed by atoms with Crippen LogP contribution in [0, 0.1) is 0 Å². The van der Waals surface area contributed by atoms with Gasteiger partial charge in [0, 0.05) is 42.6 Å². The fourth-order valence-corrected chi connectivity index (χ4v) is 4.01. The highest BCUT2D eigenvalue weighted by Gasteiger charge is 2.24. The molecule has 1 saturated heterocycles. The van der Waals surface area contributed by atoms with Crippen LogP contribution in [-0.2, 0) is 6.42 Å². The summed E-state index contributed by atoms with van der Waals surface area (Å²) in [4.78, 5) is 11.8. The van der Waals surface area contributed by atoms with Crippen LogP contribution in [0.2, 0.25) is 0 Å². The van der Waals surface area contributed by atoms with Crippen molar-refractivity contribution in [1.29, 1.82) is 0 Å². The second-order valence-corrected chi connectivity index (χ2v) is 7.75. The Morgan fingerprint density at radius 1 is 1.19 bits per heavy atom. The molecule has 1 aliphatic heterocycles. The van der Waals surface area contributed by atoms with Crippen molar-refractivity contribution >= 4 is 23.4 Å². The van der Waals surface area contributed by atoms with Crippen LogP contribution in [0.4, 0.5) is 11.6 Å². The van der Waals surface area contributed by atoms with Gasteiger partial charge in [-0.15, -0.1) is 0 Å². The first kappa shape index (κ1) is 16.4. The third-order valence-corrected chi connectivity index (χ3v) is 4.76. The Hall–Kier alpha value is -0.970. The molecule has 2 rings (SSSR count). The molecule has 4 nitrogen and oxygen atoms in total. The van der Waals surface area contributed by atoms with Crippen molar-refractivity contribution in [1.82, 2.24) is 9.97 Å². The number of thioether (sulfide) groups is 1. The maximum absolute atomic E-state index is 4.79. The molecule has 0 bridgehead atoms. The standard InChI is InChI=1S/C16H28N4S/c1-5-7-14-18-15(17-8-6-2)9-16(19-14)20-10-12(3)21-13(4)11-20/h9,12-13H,5-8,10-11H2,1-4H3,(H,17,18,19). The van der Waals surface area contributed by atoms with Gasteiger partial charge < -0.3 is 10.2 Å². The molecular weight excluding hydrogens is 280 g/mol. The molecule has 0 spiro atoms. The number of anilines is 2. The summed E-state index contributed by atoms with van der Waals surface area (Å²) in [5.41, 5.74) is 0. The molecule has 1 N–H and O–H groups in total. The van der Waals surface area contributed by atoms with E-state index in [0.29, 0.717) is 10.5 Å². The predicted molar refractivity (Wildman–Crippen MR) is 93.5 cm³/mol. The van der Waals surface area contributed by atoms with Gasteiger partial charge in [-0.25, -0.2) is 9.97 Å². The second kappa shape index (κ2) is 7.87. The van der Waals surface area contributed by atoms with Gasteiger partial charge in [-0.05, 0) is 12.8 Å². The zero-order valence-electron chi connectivity index (χ0n) is 13.7. The van der Waals surface area contributed by atoms with Gasteiger partial charge in [-0.3, -0.25) is 0 Å². The average Bonchev–Trinajstić information content (AvgIpc) is 2.44. The van der Waals surface area contributed by atoms with Gasteiger partial charge in [0.05, 0.1) is 0 Å². The molecule has 0 aromatic carbocycles. The lowest BCUT2D eigenvalue weighted by atomic mass is 10.3. The summed E-state index contributed by atoms with van der Waals surface area (Å²) in [6, 6.07) is 2.12. The number of hydrogen-bond donors (Lipinski definition) is 1. The highest BCUT2D eigenvalue weighted by Crippen LogP contribution is 2.28. The van der Waals surface area contributed by atoms with E-state index in [2.05, 4.69) is 60.7 Å². The van der Waals surface area contributed by atoms with Crippen LogP contribution in [0.5, 0.6) is 0 Å². The first-order valence-corrected chi connectivity index (χ1v) is 9.08. The first-order valence-electron chi connectivity index (χ1n) is 8.14. The summed E-state index contributed by atoms with van der Waals surface area (Å²) >= 11 is 2.07. The predicted octanol–water partition coefficient (Wildman–Crippen LogP) is 3.58. The van der Waals surface area contributed by atoms with E-state index in [9.17, 15) is 0 Å². The van der Waals surface area contributed by atoms with Gasteiger partial charge in [0.15, 0.2) is 0 Å². The summed E-state index contributed by atoms with van der Waals surface area (Å²) in [6.45, 7) is 12.1. The fourth-order valence-electron chi connectivity index (χ4n) is 2.69. The smallest absolute Gasteiger partial charge is 0.134 e. The van der Waals surface area contributed by atoms with E-state index < -0.39 is 0 Å². The Kier molecular flexibility index (Phi) is 6.15. The summed E-state index contributed by atoms with van der Waals surface area (Å²) in [5.74, 6) is 3.03. The quantitative estimate of drug-likeness (QED) is 0.870. The minimum Gasteiger partial charge on any atom is -0.370 e. The lowest BCUT2D eigenvalue weighted by Gasteiger charge is -2.35. The van der Waals surface area contributed by atoms with Gasteiger partial charge in [0.25, 0.3) is 0 Å². The first-order chi connectivity index (χ1) is 10.1. The zero-order valence-corrected chi connectivity index (χ0v) is 14.5. The minimum absolute atomic E-state index is 0.658. The van der Waals surface area contributed by atoms with Crippen LogP contribution in [0.15, 0.2) is 6.07 Å². The molecule has 2 atom stereocenters. The highest BCUT2D eigenvalue weighted by atomic mass is 32.2. The molecule has 2 heterocycles. The number of hydrogen-bond acceptors (Lipinski definition) is 5. The van der Waals surface area contributed by atoms with Crippen molar-refractivity contribution in [2.75, 3.05) is 29.9 Å². The van der Waals surface area contributed by atoms with Crippen LogP contribution in [-0.4, -0.2) is 40.1 Å². The lowest BCUT2D eigenvalue weighted by Crippen LogP contribution is -2.41. The molecule has 0 radical (unpaired) electrons. The van der Waals surface area contributed by atoms with Crippen molar-refractivity contribution in [2.45, 2.75) is 57.5 Å². The van der Waals surface area contributed by atoms with Gasteiger partial charge in [0.1, 0.15) is 17.5 Å². The van der Waals surface area contributed by atoms with Crippen LogP contribution in [0.3, 0.4) is 0 Å². The van der Waals surface area contributed by atoms with E-state index in [0.717, 1.165) is 56.4 Å². The molecule has 2 unspecified atom stereocenters. The van der Waals surface area contributed by atoms with Crippen molar-refractivity contribution in [3.63, 3.8) is 0 Å². The van der Waals surface area contributed by atoms with Gasteiger partial charge in [0.2, 0.25) is 0 Å². The van der Waals surface area contributed by atoms with Crippen molar-refractivity contribution in [2.24, 2.45) is 0 Å². The summed E-state index contributed by atoms with van der Waals surface area (Å²) < 4.78 is 0. The number of aromatic nitrogens is 2. The van der Waals surface area contributed by atoms with Crippen LogP contribution >= 0.6 is 11.8 Å². The molecule has 0 amide bonds. The third kappa shape index (κ3) is 4.77. The van der Waals surface area contributed by atoms with E-state index >= 15 is 0 Å². The number of rotatable bonds is 6. The van der Waals surface area contributed by atoms with Crippen molar-refractivity contribution in [3.05, 3.63) is 11.9 Å². The van der Waals surface area contributed by atoms with E-state index in [4.69, 9.17) is 4.98 Å². The molecule has 5 heteroatoms. The Balaban J connectivity index is 2.21. The van der Waals surface area contributed by atoms with Crippen LogP contribution in [0.1, 0.15) is 46.4 Å².